The van der Waals surface area contributed by atoms with E-state index >= 15 is 0 Å². The minimum absolute atomic E-state index is 0.863. The van der Waals surface area contributed by atoms with Crippen LogP contribution in [-0.2, 0) is 6.54 Å². The van der Waals surface area contributed by atoms with Gasteiger partial charge in [0.2, 0.25) is 0 Å². The second kappa shape index (κ2) is 10.8. The summed E-state index contributed by atoms with van der Waals surface area (Å²) >= 11 is 1.84. The summed E-state index contributed by atoms with van der Waals surface area (Å²) in [7, 11) is 3.90. The van der Waals surface area contributed by atoms with Crippen LogP contribution in [0, 0.1) is 0 Å². The normalized spacial score (nSPS) is 15.8. The first kappa shape index (κ1) is 21.1. The number of hydrogen-bond donors (Lipinski definition) is 0. The zero-order chi connectivity index (χ0) is 19.8. The largest absolute Gasteiger partial charge is 0.497 e. The van der Waals surface area contributed by atoms with Crippen molar-refractivity contribution in [2.75, 3.05) is 52.6 Å². The molecule has 1 aliphatic heterocycles. The van der Waals surface area contributed by atoms with Gasteiger partial charge in [0, 0.05) is 44.0 Å². The highest BCUT2D eigenvalue weighted by molar-refractivity contribution is 7.99. The van der Waals surface area contributed by atoms with Crippen LogP contribution in [0.3, 0.4) is 0 Å². The molecule has 0 saturated carbocycles. The van der Waals surface area contributed by atoms with Crippen molar-refractivity contribution in [3.8, 4) is 17.1 Å². The van der Waals surface area contributed by atoms with Gasteiger partial charge in [-0.05, 0) is 50.7 Å². The first-order valence-electron chi connectivity index (χ1n) is 10.3. The van der Waals surface area contributed by atoms with Crippen molar-refractivity contribution < 1.29 is 4.74 Å². The van der Waals surface area contributed by atoms with Crippen molar-refractivity contribution in [3.63, 3.8) is 0 Å². The average Bonchev–Trinajstić information content (AvgIpc) is 3.13. The number of aromatic nitrogens is 3. The summed E-state index contributed by atoms with van der Waals surface area (Å²) in [6.45, 7) is 9.11. The van der Waals surface area contributed by atoms with E-state index in [1.165, 1.54) is 39.1 Å². The molecule has 0 spiro atoms. The number of unbranched alkanes of at least 4 members (excludes halogenated alkanes) is 1. The summed E-state index contributed by atoms with van der Waals surface area (Å²) in [6, 6.07) is 8.09. The number of thioether (sulfide) groups is 1. The lowest BCUT2D eigenvalue weighted by Gasteiger charge is -2.32. The summed E-state index contributed by atoms with van der Waals surface area (Å²) in [6.07, 6.45) is 3.48. The van der Waals surface area contributed by atoms with Gasteiger partial charge in [0.1, 0.15) is 5.75 Å². The molecule has 1 fully saturated rings. The Hall–Kier alpha value is -1.57. The van der Waals surface area contributed by atoms with Gasteiger partial charge >= 0.3 is 0 Å². The van der Waals surface area contributed by atoms with Crippen LogP contribution in [-0.4, -0.2) is 77.2 Å². The zero-order valence-corrected chi connectivity index (χ0v) is 18.2. The summed E-state index contributed by atoms with van der Waals surface area (Å²) < 4.78 is 7.56. The van der Waals surface area contributed by atoms with Crippen LogP contribution < -0.4 is 4.74 Å². The third kappa shape index (κ3) is 5.72. The van der Waals surface area contributed by atoms with Crippen LogP contribution in [0.4, 0.5) is 0 Å². The minimum atomic E-state index is 0.863. The maximum atomic E-state index is 5.27. The van der Waals surface area contributed by atoms with Crippen LogP contribution >= 0.6 is 11.8 Å². The number of hydrogen-bond acceptors (Lipinski definition) is 6. The van der Waals surface area contributed by atoms with Gasteiger partial charge in [0.25, 0.3) is 0 Å². The Bertz CT molecular complexity index is 710. The molecule has 1 saturated heterocycles. The second-order valence-electron chi connectivity index (χ2n) is 7.39. The maximum absolute atomic E-state index is 5.27. The number of ether oxygens (including phenoxy) is 1. The van der Waals surface area contributed by atoms with E-state index in [0.29, 0.717) is 0 Å². The van der Waals surface area contributed by atoms with Crippen LogP contribution in [0.25, 0.3) is 11.4 Å². The van der Waals surface area contributed by atoms with Crippen molar-refractivity contribution in [2.24, 2.45) is 0 Å². The highest BCUT2D eigenvalue weighted by Gasteiger charge is 2.16. The van der Waals surface area contributed by atoms with Crippen molar-refractivity contribution in [3.05, 3.63) is 24.3 Å². The molecular weight excluding hydrogens is 370 g/mol. The fraction of sp³-hybridized carbons (Fsp3) is 0.619. The minimum Gasteiger partial charge on any atom is -0.497 e. The highest BCUT2D eigenvalue weighted by atomic mass is 32.2. The molecule has 2 aromatic rings. The van der Waals surface area contributed by atoms with Gasteiger partial charge in [-0.3, -0.25) is 0 Å². The zero-order valence-electron chi connectivity index (χ0n) is 17.4. The highest BCUT2D eigenvalue weighted by Crippen LogP contribution is 2.26. The molecule has 7 heteroatoms. The van der Waals surface area contributed by atoms with E-state index in [2.05, 4.69) is 50.7 Å². The number of likely N-dealkylation sites (N-methyl/N-ethyl adjacent to an activating group) is 1. The van der Waals surface area contributed by atoms with Gasteiger partial charge in [-0.15, -0.1) is 10.2 Å². The number of rotatable bonds is 10. The third-order valence-electron chi connectivity index (χ3n) is 5.25. The summed E-state index contributed by atoms with van der Waals surface area (Å²) in [4.78, 5) is 4.98. The Balaban J connectivity index is 1.59. The predicted molar refractivity (Wildman–Crippen MR) is 116 cm³/mol. The molecular formula is C21H33N5OS. The fourth-order valence-corrected chi connectivity index (χ4v) is 4.28. The Kier molecular flexibility index (Phi) is 8.18. The molecule has 0 amide bonds. The first-order chi connectivity index (χ1) is 13.7. The van der Waals surface area contributed by atoms with Gasteiger partial charge in [-0.1, -0.05) is 25.1 Å². The molecule has 1 aromatic carbocycles. The quantitative estimate of drug-likeness (QED) is 0.447. The predicted octanol–water partition coefficient (Wildman–Crippen LogP) is 3.48. The van der Waals surface area contributed by atoms with Crippen molar-refractivity contribution in [1.29, 1.82) is 0 Å². The van der Waals surface area contributed by atoms with E-state index < -0.39 is 0 Å². The topological polar surface area (TPSA) is 46.4 Å². The molecule has 28 heavy (non-hydrogen) atoms. The first-order valence-corrected chi connectivity index (χ1v) is 11.3. The van der Waals surface area contributed by atoms with Gasteiger partial charge in [-0.25, -0.2) is 0 Å². The number of methoxy groups -OCH3 is 1. The summed E-state index contributed by atoms with van der Waals surface area (Å²) in [5.74, 6) is 2.90. The van der Waals surface area contributed by atoms with Crippen LogP contribution in [0.2, 0.25) is 0 Å². The number of piperazine rings is 1. The Morgan fingerprint density at radius 1 is 1.00 bits per heavy atom. The van der Waals surface area contributed by atoms with Crippen LogP contribution in [0.5, 0.6) is 5.75 Å². The standard InChI is InChI=1S/C21H33N5OS/c1-4-5-12-26-20(18-7-9-19(27-3)10-8-18)22-23-21(26)28-17-6-11-25-15-13-24(2)14-16-25/h7-10H,4-6,11-17H2,1-3H3. The van der Waals surface area contributed by atoms with Gasteiger partial charge in [0.15, 0.2) is 11.0 Å². The molecule has 1 aromatic heterocycles. The van der Waals surface area contributed by atoms with E-state index in [4.69, 9.17) is 4.74 Å². The maximum Gasteiger partial charge on any atom is 0.191 e. The molecule has 0 radical (unpaired) electrons. The van der Waals surface area contributed by atoms with Gasteiger partial charge in [0.05, 0.1) is 7.11 Å². The molecule has 154 valence electrons. The monoisotopic (exact) mass is 403 g/mol. The SMILES string of the molecule is CCCCn1c(SCCCN2CCN(C)CC2)nnc1-c1ccc(OC)cc1. The number of nitrogens with zero attached hydrogens (tertiary/aromatic N) is 5. The smallest absolute Gasteiger partial charge is 0.191 e. The van der Waals surface area contributed by atoms with E-state index in [1.807, 2.05) is 23.9 Å². The second-order valence-corrected chi connectivity index (χ2v) is 8.45. The van der Waals surface area contributed by atoms with E-state index in [0.717, 1.165) is 47.4 Å². The molecule has 0 N–H and O–H groups in total. The lowest BCUT2D eigenvalue weighted by molar-refractivity contribution is 0.154. The Morgan fingerprint density at radius 2 is 1.75 bits per heavy atom. The molecule has 6 nitrogen and oxygen atoms in total. The number of benzene rings is 1. The van der Waals surface area contributed by atoms with Crippen molar-refractivity contribution >= 4 is 11.8 Å². The van der Waals surface area contributed by atoms with E-state index in [1.54, 1.807) is 7.11 Å². The summed E-state index contributed by atoms with van der Waals surface area (Å²) in [5, 5.41) is 10.1. The average molecular weight is 404 g/mol. The molecule has 2 heterocycles. The molecule has 0 unspecified atom stereocenters. The summed E-state index contributed by atoms with van der Waals surface area (Å²) in [5.41, 5.74) is 1.09. The lowest BCUT2D eigenvalue weighted by Crippen LogP contribution is -2.44. The van der Waals surface area contributed by atoms with Gasteiger partial charge < -0.3 is 19.1 Å². The Labute approximate surface area is 173 Å². The fourth-order valence-electron chi connectivity index (χ4n) is 3.39. The van der Waals surface area contributed by atoms with Crippen LogP contribution in [0.1, 0.15) is 26.2 Å². The lowest BCUT2D eigenvalue weighted by atomic mass is 10.2. The molecule has 1 aliphatic rings. The third-order valence-corrected chi connectivity index (χ3v) is 6.30. The van der Waals surface area contributed by atoms with Gasteiger partial charge in [-0.2, -0.15) is 0 Å². The Morgan fingerprint density at radius 3 is 2.43 bits per heavy atom. The molecule has 0 aliphatic carbocycles. The molecule has 0 bridgehead atoms. The van der Waals surface area contributed by atoms with Crippen molar-refractivity contribution in [2.45, 2.75) is 37.9 Å². The van der Waals surface area contributed by atoms with E-state index in [9.17, 15) is 0 Å². The van der Waals surface area contributed by atoms with Crippen molar-refractivity contribution in [1.82, 2.24) is 24.6 Å². The van der Waals surface area contributed by atoms with Crippen LogP contribution in [0.15, 0.2) is 29.4 Å². The van der Waals surface area contributed by atoms with E-state index in [-0.39, 0.29) is 0 Å². The molecule has 0 atom stereocenters. The molecule has 3 rings (SSSR count).